The third kappa shape index (κ3) is 3.34. The van der Waals surface area contributed by atoms with E-state index < -0.39 is 5.97 Å². The molecule has 0 saturated carbocycles. The third-order valence-corrected chi connectivity index (χ3v) is 5.08. The summed E-state index contributed by atoms with van der Waals surface area (Å²) in [5.41, 5.74) is 3.71. The zero-order chi connectivity index (χ0) is 19.7. The van der Waals surface area contributed by atoms with E-state index in [0.29, 0.717) is 18.8 Å². The summed E-state index contributed by atoms with van der Waals surface area (Å²) in [5.74, 6) is -0.164. The van der Waals surface area contributed by atoms with Crippen molar-refractivity contribution in [3.63, 3.8) is 0 Å². The number of benzene rings is 2. The van der Waals surface area contributed by atoms with Crippen molar-refractivity contribution in [3.8, 4) is 11.4 Å². The molecular formula is C22H22N2O4. The van der Waals surface area contributed by atoms with Crippen molar-refractivity contribution in [2.24, 2.45) is 0 Å². The average Bonchev–Trinajstić information content (AvgIpc) is 3.18. The Balaban J connectivity index is 1.52. The van der Waals surface area contributed by atoms with E-state index in [1.165, 1.54) is 0 Å². The van der Waals surface area contributed by atoms with Crippen LogP contribution in [0.2, 0.25) is 0 Å². The molecule has 4 rings (SSSR count). The van der Waals surface area contributed by atoms with Gasteiger partial charge in [0, 0.05) is 12.4 Å². The molecule has 28 heavy (non-hydrogen) atoms. The number of carboxylic acids is 1. The molecule has 0 aliphatic carbocycles. The highest BCUT2D eigenvalue weighted by atomic mass is 16.5. The van der Waals surface area contributed by atoms with Gasteiger partial charge < -0.3 is 24.4 Å². The van der Waals surface area contributed by atoms with Crippen LogP contribution in [-0.4, -0.2) is 39.9 Å². The Morgan fingerprint density at radius 1 is 1.14 bits per heavy atom. The van der Waals surface area contributed by atoms with Gasteiger partial charge in [-0.2, -0.15) is 0 Å². The number of aliphatic hydroxyl groups excluding tert-OH is 1. The predicted octanol–water partition coefficient (Wildman–Crippen LogP) is 3.24. The van der Waals surface area contributed by atoms with Crippen LogP contribution in [0.4, 0.5) is 5.69 Å². The van der Waals surface area contributed by atoms with E-state index in [2.05, 4.69) is 4.90 Å². The largest absolute Gasteiger partial charge is 0.487 e. The van der Waals surface area contributed by atoms with Crippen LogP contribution >= 0.6 is 0 Å². The Kier molecular flexibility index (Phi) is 4.79. The molecule has 2 N–H and O–H groups in total. The van der Waals surface area contributed by atoms with Crippen LogP contribution in [0.1, 0.15) is 21.5 Å². The second-order valence-corrected chi connectivity index (χ2v) is 6.96. The van der Waals surface area contributed by atoms with Gasteiger partial charge in [0.1, 0.15) is 11.9 Å². The number of ether oxygens (including phenoxy) is 1. The number of hydrogen-bond acceptors (Lipinski definition) is 4. The summed E-state index contributed by atoms with van der Waals surface area (Å²) in [5, 5.41) is 18.9. The van der Waals surface area contributed by atoms with Crippen LogP contribution in [0.3, 0.4) is 0 Å². The van der Waals surface area contributed by atoms with Crippen molar-refractivity contribution in [2.45, 2.75) is 19.6 Å². The lowest BCUT2D eigenvalue weighted by atomic mass is 10.1. The Morgan fingerprint density at radius 2 is 1.89 bits per heavy atom. The molecule has 6 nitrogen and oxygen atoms in total. The molecule has 0 unspecified atom stereocenters. The number of aliphatic hydroxyl groups is 1. The summed E-state index contributed by atoms with van der Waals surface area (Å²) in [6.07, 6.45) is 3.74. The Labute approximate surface area is 163 Å². The maximum atomic E-state index is 11.7. The van der Waals surface area contributed by atoms with Gasteiger partial charge in [0.15, 0.2) is 0 Å². The van der Waals surface area contributed by atoms with E-state index in [1.54, 1.807) is 12.1 Å². The summed E-state index contributed by atoms with van der Waals surface area (Å²) in [4.78, 5) is 13.8. The van der Waals surface area contributed by atoms with Gasteiger partial charge in [-0.1, -0.05) is 12.1 Å². The summed E-state index contributed by atoms with van der Waals surface area (Å²) in [7, 11) is 0. The lowest BCUT2D eigenvalue weighted by Crippen LogP contribution is -2.54. The number of nitrogens with zero attached hydrogens (tertiary/aromatic N) is 2. The molecule has 0 atom stereocenters. The molecule has 6 heteroatoms. The minimum Gasteiger partial charge on any atom is -0.487 e. The maximum absolute atomic E-state index is 11.7. The highest BCUT2D eigenvalue weighted by molar-refractivity contribution is 5.95. The molecular weight excluding hydrogens is 356 g/mol. The van der Waals surface area contributed by atoms with Gasteiger partial charge in [-0.05, 0) is 54.4 Å². The molecule has 1 aliphatic heterocycles. The topological polar surface area (TPSA) is 74.9 Å². The fourth-order valence-corrected chi connectivity index (χ4v) is 3.53. The number of hydrogen-bond donors (Lipinski definition) is 2. The van der Waals surface area contributed by atoms with E-state index in [4.69, 9.17) is 4.74 Å². The number of anilines is 1. The number of rotatable bonds is 6. The molecule has 3 aromatic rings. The van der Waals surface area contributed by atoms with E-state index in [9.17, 15) is 15.0 Å². The number of carbonyl (C=O) groups is 1. The third-order valence-electron chi connectivity index (χ3n) is 5.08. The number of aryl methyl sites for hydroxylation is 1. The first kappa shape index (κ1) is 18.1. The maximum Gasteiger partial charge on any atom is 0.337 e. The van der Waals surface area contributed by atoms with Crippen LogP contribution in [0, 0.1) is 6.92 Å². The van der Waals surface area contributed by atoms with Crippen LogP contribution in [0.15, 0.2) is 60.9 Å². The van der Waals surface area contributed by atoms with Crippen LogP contribution in [0.5, 0.6) is 5.75 Å². The van der Waals surface area contributed by atoms with Gasteiger partial charge in [-0.15, -0.1) is 0 Å². The fourth-order valence-electron chi connectivity index (χ4n) is 3.53. The van der Waals surface area contributed by atoms with Gasteiger partial charge in [0.2, 0.25) is 0 Å². The molecule has 0 amide bonds. The van der Waals surface area contributed by atoms with Crippen molar-refractivity contribution < 1.29 is 19.7 Å². The second kappa shape index (κ2) is 7.40. The molecule has 2 aromatic carbocycles. The predicted molar refractivity (Wildman–Crippen MR) is 106 cm³/mol. The molecule has 144 valence electrons. The summed E-state index contributed by atoms with van der Waals surface area (Å²) in [6, 6.07) is 14.8. The van der Waals surface area contributed by atoms with Gasteiger partial charge in [0.25, 0.3) is 0 Å². The zero-order valence-electron chi connectivity index (χ0n) is 15.6. The molecule has 1 fully saturated rings. The van der Waals surface area contributed by atoms with E-state index in [1.807, 2.05) is 60.3 Å². The quantitative estimate of drug-likeness (QED) is 0.689. The number of carboxylic acid groups (broad SMARTS) is 1. The SMILES string of the molecule is Cc1cc(OC2CN(c3cccc(C(=O)O)c3-n3cccc3)C2)ccc1CO. The van der Waals surface area contributed by atoms with E-state index >= 15 is 0 Å². The number of aromatic carboxylic acids is 1. The Hall–Kier alpha value is -3.25. The van der Waals surface area contributed by atoms with Crippen molar-refractivity contribution >= 4 is 11.7 Å². The van der Waals surface area contributed by atoms with Gasteiger partial charge >= 0.3 is 5.97 Å². The van der Waals surface area contributed by atoms with Crippen molar-refractivity contribution in [1.29, 1.82) is 0 Å². The molecule has 0 radical (unpaired) electrons. The molecule has 1 aromatic heterocycles. The smallest absolute Gasteiger partial charge is 0.337 e. The Bertz CT molecular complexity index is 992. The average molecular weight is 378 g/mol. The van der Waals surface area contributed by atoms with Gasteiger partial charge in [-0.25, -0.2) is 4.79 Å². The molecule has 1 aliphatic rings. The minimum atomic E-state index is -0.946. The first-order valence-corrected chi connectivity index (χ1v) is 9.18. The number of para-hydroxylation sites is 1. The van der Waals surface area contributed by atoms with E-state index in [0.717, 1.165) is 22.6 Å². The highest BCUT2D eigenvalue weighted by Gasteiger charge is 2.31. The normalized spacial score (nSPS) is 14.0. The van der Waals surface area contributed by atoms with Crippen molar-refractivity contribution in [2.75, 3.05) is 18.0 Å². The monoisotopic (exact) mass is 378 g/mol. The zero-order valence-corrected chi connectivity index (χ0v) is 15.6. The minimum absolute atomic E-state index is 0.0193. The first-order valence-electron chi connectivity index (χ1n) is 9.18. The Morgan fingerprint density at radius 3 is 2.54 bits per heavy atom. The molecule has 2 heterocycles. The van der Waals surface area contributed by atoms with E-state index in [-0.39, 0.29) is 18.3 Å². The van der Waals surface area contributed by atoms with Crippen LogP contribution in [0.25, 0.3) is 5.69 Å². The lowest BCUT2D eigenvalue weighted by Gasteiger charge is -2.41. The fraction of sp³-hybridized carbons (Fsp3) is 0.227. The first-order chi connectivity index (χ1) is 13.6. The highest BCUT2D eigenvalue weighted by Crippen LogP contribution is 2.32. The van der Waals surface area contributed by atoms with Crippen molar-refractivity contribution in [3.05, 3.63) is 77.6 Å². The molecule has 0 spiro atoms. The standard InChI is InChI=1S/C22H22N2O4/c1-15-11-17(8-7-16(15)14-25)28-18-12-24(13-18)20-6-4-5-19(22(26)27)21(20)23-9-2-3-10-23/h2-11,18,25H,12-14H2,1H3,(H,26,27). The second-order valence-electron chi connectivity index (χ2n) is 6.96. The summed E-state index contributed by atoms with van der Waals surface area (Å²) < 4.78 is 7.88. The summed E-state index contributed by atoms with van der Waals surface area (Å²) >= 11 is 0. The summed E-state index contributed by atoms with van der Waals surface area (Å²) in [6.45, 7) is 3.33. The van der Waals surface area contributed by atoms with Gasteiger partial charge in [0.05, 0.1) is 36.6 Å². The molecule has 1 saturated heterocycles. The lowest BCUT2D eigenvalue weighted by molar-refractivity contribution is 0.0697. The van der Waals surface area contributed by atoms with Crippen molar-refractivity contribution in [1.82, 2.24) is 4.57 Å². The molecule has 0 bridgehead atoms. The van der Waals surface area contributed by atoms with Crippen LogP contribution < -0.4 is 9.64 Å². The van der Waals surface area contributed by atoms with Gasteiger partial charge in [-0.3, -0.25) is 0 Å². The van der Waals surface area contributed by atoms with Crippen LogP contribution in [-0.2, 0) is 6.61 Å². The number of aromatic nitrogens is 1.